The average Bonchev–Trinajstić information content (AvgIpc) is 3.47. The van der Waals surface area contributed by atoms with Gasteiger partial charge in [-0.2, -0.15) is 0 Å². The van der Waals surface area contributed by atoms with Crippen LogP contribution in [0.4, 0.5) is 11.4 Å². The van der Waals surface area contributed by atoms with Crippen molar-refractivity contribution in [2.75, 3.05) is 42.7 Å². The van der Waals surface area contributed by atoms with Crippen molar-refractivity contribution in [3.05, 3.63) is 53.6 Å². The van der Waals surface area contributed by atoms with Crippen molar-refractivity contribution in [2.24, 2.45) is 0 Å². The van der Waals surface area contributed by atoms with Crippen molar-refractivity contribution in [3.8, 4) is 5.75 Å². The zero-order valence-electron chi connectivity index (χ0n) is 17.8. The SMILES string of the molecule is Cc1ccccc1N1CN(C2CC2)c2ccc(OCCCN3CCCC3)cc2C1=O. The standard InChI is InChI=1S/C25H31N3O2/c1-19-7-2-3-8-23(19)28-18-27(20-9-10-20)24-12-11-21(17-22(24)25(28)29)30-16-6-15-26-13-4-5-14-26/h2-3,7-8,11-12,17,20H,4-6,9-10,13-16,18H2,1H3. The molecule has 30 heavy (non-hydrogen) atoms. The number of fused-ring (bicyclic) bond motifs is 1. The van der Waals surface area contributed by atoms with Gasteiger partial charge in [0.1, 0.15) is 5.75 Å². The molecular formula is C25H31N3O2. The molecule has 2 aliphatic heterocycles. The van der Waals surface area contributed by atoms with E-state index < -0.39 is 0 Å². The van der Waals surface area contributed by atoms with Crippen LogP contribution in [0.1, 0.15) is 48.0 Å². The summed E-state index contributed by atoms with van der Waals surface area (Å²) >= 11 is 0. The van der Waals surface area contributed by atoms with Crippen LogP contribution in [0, 0.1) is 6.92 Å². The van der Waals surface area contributed by atoms with E-state index in [4.69, 9.17) is 4.74 Å². The van der Waals surface area contributed by atoms with Gasteiger partial charge in [0.15, 0.2) is 0 Å². The Kier molecular flexibility index (Phi) is 5.38. The van der Waals surface area contributed by atoms with Gasteiger partial charge in [-0.05, 0) is 81.9 Å². The van der Waals surface area contributed by atoms with Crippen molar-refractivity contribution in [1.29, 1.82) is 0 Å². The van der Waals surface area contributed by atoms with Gasteiger partial charge in [-0.25, -0.2) is 0 Å². The molecule has 0 unspecified atom stereocenters. The maximum atomic E-state index is 13.5. The van der Waals surface area contributed by atoms with Crippen molar-refractivity contribution in [2.45, 2.75) is 45.1 Å². The number of ether oxygens (including phenoxy) is 1. The van der Waals surface area contributed by atoms with Crippen molar-refractivity contribution in [3.63, 3.8) is 0 Å². The normalized spacial score (nSPS) is 19.3. The number of carbonyl (C=O) groups is 1. The van der Waals surface area contributed by atoms with E-state index in [-0.39, 0.29) is 5.91 Å². The van der Waals surface area contributed by atoms with Crippen LogP contribution < -0.4 is 14.5 Å². The van der Waals surface area contributed by atoms with Gasteiger partial charge in [0.2, 0.25) is 0 Å². The number of nitrogens with zero attached hydrogens (tertiary/aromatic N) is 3. The Labute approximate surface area is 179 Å². The van der Waals surface area contributed by atoms with Crippen LogP contribution in [0.2, 0.25) is 0 Å². The molecule has 1 amide bonds. The maximum Gasteiger partial charge on any atom is 0.262 e. The fourth-order valence-corrected chi connectivity index (χ4v) is 4.70. The minimum Gasteiger partial charge on any atom is -0.494 e. The number of benzene rings is 2. The molecule has 2 fully saturated rings. The van der Waals surface area contributed by atoms with Gasteiger partial charge in [0.25, 0.3) is 5.91 Å². The molecule has 0 bridgehead atoms. The van der Waals surface area contributed by atoms with E-state index in [1.54, 1.807) is 0 Å². The lowest BCUT2D eigenvalue weighted by atomic mass is 10.1. The molecule has 1 aliphatic carbocycles. The van der Waals surface area contributed by atoms with E-state index in [0.717, 1.165) is 41.2 Å². The van der Waals surface area contributed by atoms with E-state index in [1.165, 1.54) is 38.8 Å². The smallest absolute Gasteiger partial charge is 0.262 e. The third-order valence-corrected chi connectivity index (χ3v) is 6.53. The molecule has 0 spiro atoms. The number of carbonyl (C=O) groups excluding carboxylic acids is 1. The van der Waals surface area contributed by atoms with E-state index in [2.05, 4.69) is 28.9 Å². The summed E-state index contributed by atoms with van der Waals surface area (Å²) in [6.07, 6.45) is 6.06. The van der Waals surface area contributed by atoms with Crippen molar-refractivity contribution >= 4 is 17.3 Å². The van der Waals surface area contributed by atoms with Crippen LogP contribution in [0.15, 0.2) is 42.5 Å². The van der Waals surface area contributed by atoms with Crippen LogP contribution in [-0.2, 0) is 0 Å². The van der Waals surface area contributed by atoms with Gasteiger partial charge in [-0.3, -0.25) is 9.69 Å². The van der Waals surface area contributed by atoms with E-state index in [1.807, 2.05) is 35.2 Å². The van der Waals surface area contributed by atoms with E-state index in [0.29, 0.717) is 19.3 Å². The summed E-state index contributed by atoms with van der Waals surface area (Å²) in [6.45, 7) is 6.92. The first-order chi connectivity index (χ1) is 14.7. The molecular weight excluding hydrogens is 374 g/mol. The summed E-state index contributed by atoms with van der Waals surface area (Å²) in [4.78, 5) is 20.3. The molecule has 2 aromatic rings. The Hall–Kier alpha value is -2.53. The lowest BCUT2D eigenvalue weighted by Crippen LogP contribution is -2.48. The summed E-state index contributed by atoms with van der Waals surface area (Å²) in [7, 11) is 0. The first kappa shape index (κ1) is 19.4. The number of anilines is 2. The number of aryl methyl sites for hydroxylation is 1. The van der Waals surface area contributed by atoms with Crippen LogP contribution in [0.5, 0.6) is 5.75 Å². The number of hydrogen-bond donors (Lipinski definition) is 0. The minimum atomic E-state index is 0.0683. The van der Waals surface area contributed by atoms with Gasteiger partial charge >= 0.3 is 0 Å². The Bertz CT molecular complexity index is 918. The zero-order chi connectivity index (χ0) is 20.5. The number of rotatable bonds is 7. The molecule has 2 heterocycles. The molecule has 0 N–H and O–H groups in total. The predicted octanol–water partition coefficient (Wildman–Crippen LogP) is 4.45. The lowest BCUT2D eigenvalue weighted by molar-refractivity contribution is 0.0981. The highest BCUT2D eigenvalue weighted by Crippen LogP contribution is 2.40. The topological polar surface area (TPSA) is 36.0 Å². The highest BCUT2D eigenvalue weighted by Gasteiger charge is 2.38. The second kappa shape index (κ2) is 8.31. The number of hydrogen-bond acceptors (Lipinski definition) is 4. The van der Waals surface area contributed by atoms with Crippen LogP contribution >= 0.6 is 0 Å². The van der Waals surface area contributed by atoms with Crippen LogP contribution in [-0.4, -0.2) is 49.8 Å². The Morgan fingerprint density at radius 1 is 1.03 bits per heavy atom. The molecule has 5 heteroatoms. The first-order valence-corrected chi connectivity index (χ1v) is 11.3. The fourth-order valence-electron chi connectivity index (χ4n) is 4.70. The summed E-state index contributed by atoms with van der Waals surface area (Å²) in [5.41, 5.74) is 3.93. The molecule has 0 radical (unpaired) electrons. The molecule has 0 aromatic heterocycles. The quantitative estimate of drug-likeness (QED) is 0.638. The van der Waals surface area contributed by atoms with Crippen molar-refractivity contribution in [1.82, 2.24) is 4.90 Å². The molecule has 158 valence electrons. The molecule has 5 nitrogen and oxygen atoms in total. The Morgan fingerprint density at radius 2 is 1.83 bits per heavy atom. The average molecular weight is 406 g/mol. The van der Waals surface area contributed by atoms with Gasteiger partial charge in [0.05, 0.1) is 24.5 Å². The lowest BCUT2D eigenvalue weighted by Gasteiger charge is -2.39. The maximum absolute atomic E-state index is 13.5. The summed E-state index contributed by atoms with van der Waals surface area (Å²) < 4.78 is 6.04. The second-order valence-corrected chi connectivity index (χ2v) is 8.79. The zero-order valence-corrected chi connectivity index (χ0v) is 17.8. The first-order valence-electron chi connectivity index (χ1n) is 11.3. The third kappa shape index (κ3) is 3.91. The van der Waals surface area contributed by atoms with Crippen LogP contribution in [0.25, 0.3) is 0 Å². The van der Waals surface area contributed by atoms with Gasteiger partial charge < -0.3 is 14.5 Å². The Balaban J connectivity index is 1.34. The number of amides is 1. The predicted molar refractivity (Wildman–Crippen MR) is 121 cm³/mol. The summed E-state index contributed by atoms with van der Waals surface area (Å²) in [5, 5.41) is 0. The minimum absolute atomic E-state index is 0.0683. The van der Waals surface area contributed by atoms with Gasteiger partial charge in [-0.1, -0.05) is 18.2 Å². The van der Waals surface area contributed by atoms with E-state index >= 15 is 0 Å². The summed E-state index contributed by atoms with van der Waals surface area (Å²) in [5.74, 6) is 0.865. The highest BCUT2D eigenvalue weighted by molar-refractivity contribution is 6.12. The monoisotopic (exact) mass is 405 g/mol. The third-order valence-electron chi connectivity index (χ3n) is 6.53. The largest absolute Gasteiger partial charge is 0.494 e. The van der Waals surface area contributed by atoms with E-state index in [9.17, 15) is 4.79 Å². The van der Waals surface area contributed by atoms with Gasteiger partial charge in [0, 0.05) is 18.3 Å². The van der Waals surface area contributed by atoms with Crippen molar-refractivity contribution < 1.29 is 9.53 Å². The fraction of sp³-hybridized carbons (Fsp3) is 0.480. The highest BCUT2D eigenvalue weighted by atomic mass is 16.5. The molecule has 5 rings (SSSR count). The molecule has 2 aromatic carbocycles. The van der Waals surface area contributed by atoms with Gasteiger partial charge in [-0.15, -0.1) is 0 Å². The second-order valence-electron chi connectivity index (χ2n) is 8.79. The molecule has 1 saturated carbocycles. The number of likely N-dealkylation sites (tertiary alicyclic amines) is 1. The molecule has 1 saturated heterocycles. The number of para-hydroxylation sites is 1. The van der Waals surface area contributed by atoms with Crippen LogP contribution in [0.3, 0.4) is 0 Å². The molecule has 3 aliphatic rings. The summed E-state index contributed by atoms with van der Waals surface area (Å²) in [6, 6.07) is 14.7. The Morgan fingerprint density at radius 3 is 2.60 bits per heavy atom. The molecule has 0 atom stereocenters.